The average molecular weight is 353 g/mol. The van der Waals surface area contributed by atoms with E-state index in [1.807, 2.05) is 37.5 Å². The van der Waals surface area contributed by atoms with Crippen LogP contribution in [0.15, 0.2) is 47.4 Å². The number of nitrogens with zero attached hydrogens (tertiary/aromatic N) is 5. The van der Waals surface area contributed by atoms with Crippen LogP contribution >= 0.6 is 0 Å². The van der Waals surface area contributed by atoms with Crippen molar-refractivity contribution in [2.24, 2.45) is 0 Å². The van der Waals surface area contributed by atoms with Gasteiger partial charge in [0.15, 0.2) is 0 Å². The van der Waals surface area contributed by atoms with Gasteiger partial charge in [0.2, 0.25) is 0 Å². The van der Waals surface area contributed by atoms with Crippen LogP contribution in [0, 0.1) is 6.92 Å². The third kappa shape index (κ3) is 4.00. The fourth-order valence-corrected chi connectivity index (χ4v) is 3.41. The summed E-state index contributed by atoms with van der Waals surface area (Å²) in [4.78, 5) is 6.50. The molecule has 0 fully saturated rings. The highest BCUT2D eigenvalue weighted by molar-refractivity contribution is 5.08. The standard InChI is InChI=1S/C19H23N5O2/c1-15-9-17(22-26-15)11-23-12-18-4-7-21-24(18)19(13-23)5-8-25-14-16-3-2-6-20-10-16/h2-4,6-7,9-10,19H,5,8,11-14H2,1H3/t19-/m0/s1. The summed E-state index contributed by atoms with van der Waals surface area (Å²) < 4.78 is 13.2. The summed E-state index contributed by atoms with van der Waals surface area (Å²) in [7, 11) is 0. The number of ether oxygens (including phenoxy) is 1. The van der Waals surface area contributed by atoms with Crippen LogP contribution in [0.2, 0.25) is 0 Å². The predicted octanol–water partition coefficient (Wildman–Crippen LogP) is 2.74. The van der Waals surface area contributed by atoms with E-state index in [1.165, 1.54) is 5.69 Å². The molecule has 0 saturated carbocycles. The molecule has 7 nitrogen and oxygen atoms in total. The highest BCUT2D eigenvalue weighted by Gasteiger charge is 2.26. The molecule has 1 aliphatic heterocycles. The van der Waals surface area contributed by atoms with E-state index in [0.29, 0.717) is 19.3 Å². The van der Waals surface area contributed by atoms with E-state index in [0.717, 1.165) is 43.1 Å². The Hall–Kier alpha value is -2.51. The van der Waals surface area contributed by atoms with Crippen LogP contribution in [0.1, 0.15) is 35.2 Å². The Labute approximate surface area is 152 Å². The van der Waals surface area contributed by atoms with Crippen molar-refractivity contribution in [2.75, 3.05) is 13.2 Å². The zero-order chi connectivity index (χ0) is 17.8. The molecule has 0 amide bonds. The third-order valence-corrected chi connectivity index (χ3v) is 4.60. The van der Waals surface area contributed by atoms with Crippen molar-refractivity contribution in [2.45, 2.75) is 39.1 Å². The number of aromatic nitrogens is 4. The average Bonchev–Trinajstić information content (AvgIpc) is 3.28. The van der Waals surface area contributed by atoms with E-state index in [4.69, 9.17) is 9.26 Å². The summed E-state index contributed by atoms with van der Waals surface area (Å²) in [6, 6.07) is 8.34. The van der Waals surface area contributed by atoms with Crippen molar-refractivity contribution in [3.8, 4) is 0 Å². The van der Waals surface area contributed by atoms with Gasteiger partial charge in [-0.2, -0.15) is 5.10 Å². The Morgan fingerprint density at radius 3 is 3.08 bits per heavy atom. The molecular formula is C19H23N5O2. The molecule has 0 aliphatic carbocycles. The van der Waals surface area contributed by atoms with Crippen LogP contribution in [-0.4, -0.2) is 38.0 Å². The minimum atomic E-state index is 0.302. The molecule has 1 aliphatic rings. The van der Waals surface area contributed by atoms with E-state index in [1.54, 1.807) is 6.20 Å². The molecule has 4 heterocycles. The van der Waals surface area contributed by atoms with Crippen LogP contribution < -0.4 is 0 Å². The van der Waals surface area contributed by atoms with Crippen molar-refractivity contribution in [3.63, 3.8) is 0 Å². The van der Waals surface area contributed by atoms with Crippen LogP contribution in [0.4, 0.5) is 0 Å². The first kappa shape index (κ1) is 16.9. The van der Waals surface area contributed by atoms with E-state index in [2.05, 4.69) is 30.9 Å². The van der Waals surface area contributed by atoms with E-state index in [-0.39, 0.29) is 0 Å². The molecule has 26 heavy (non-hydrogen) atoms. The molecule has 0 aromatic carbocycles. The summed E-state index contributed by atoms with van der Waals surface area (Å²) in [6.45, 7) is 5.79. The third-order valence-electron chi connectivity index (χ3n) is 4.60. The lowest BCUT2D eigenvalue weighted by Crippen LogP contribution is -2.37. The van der Waals surface area contributed by atoms with Crippen LogP contribution in [0.25, 0.3) is 0 Å². The molecule has 4 rings (SSSR count). The molecule has 0 N–H and O–H groups in total. The summed E-state index contributed by atoms with van der Waals surface area (Å²) >= 11 is 0. The molecule has 3 aromatic rings. The van der Waals surface area contributed by atoms with Crippen molar-refractivity contribution < 1.29 is 9.26 Å². The van der Waals surface area contributed by atoms with Gasteiger partial charge in [0, 0.05) is 50.9 Å². The second-order valence-electron chi connectivity index (χ2n) is 6.72. The summed E-state index contributed by atoms with van der Waals surface area (Å²) in [5, 5.41) is 8.63. The van der Waals surface area contributed by atoms with E-state index < -0.39 is 0 Å². The maximum Gasteiger partial charge on any atom is 0.133 e. The van der Waals surface area contributed by atoms with Crippen LogP contribution in [-0.2, 0) is 24.4 Å². The molecule has 0 radical (unpaired) electrons. The van der Waals surface area contributed by atoms with Crippen molar-refractivity contribution >= 4 is 0 Å². The molecule has 0 saturated heterocycles. The van der Waals surface area contributed by atoms with Gasteiger partial charge in [0.25, 0.3) is 0 Å². The first-order valence-electron chi connectivity index (χ1n) is 8.91. The van der Waals surface area contributed by atoms with Gasteiger partial charge in [-0.05, 0) is 31.0 Å². The van der Waals surface area contributed by atoms with Crippen LogP contribution in [0.3, 0.4) is 0 Å². The summed E-state index contributed by atoms with van der Waals surface area (Å²) in [5.74, 6) is 0.849. The highest BCUT2D eigenvalue weighted by Crippen LogP contribution is 2.24. The van der Waals surface area contributed by atoms with E-state index >= 15 is 0 Å². The number of rotatable bonds is 7. The quantitative estimate of drug-likeness (QED) is 0.608. The lowest BCUT2D eigenvalue weighted by Gasteiger charge is -2.33. The Morgan fingerprint density at radius 2 is 2.27 bits per heavy atom. The number of hydrogen-bond donors (Lipinski definition) is 0. The smallest absolute Gasteiger partial charge is 0.133 e. The van der Waals surface area contributed by atoms with Gasteiger partial charge in [-0.3, -0.25) is 14.6 Å². The first-order valence-corrected chi connectivity index (χ1v) is 8.91. The Morgan fingerprint density at radius 1 is 1.31 bits per heavy atom. The molecule has 0 bridgehead atoms. The number of pyridine rings is 1. The predicted molar refractivity (Wildman–Crippen MR) is 95.1 cm³/mol. The second kappa shape index (κ2) is 7.80. The first-order chi connectivity index (χ1) is 12.8. The number of fused-ring (bicyclic) bond motifs is 1. The lowest BCUT2D eigenvalue weighted by molar-refractivity contribution is 0.0866. The molecule has 136 valence electrons. The minimum Gasteiger partial charge on any atom is -0.377 e. The molecule has 1 atom stereocenters. The number of hydrogen-bond acceptors (Lipinski definition) is 6. The van der Waals surface area contributed by atoms with Crippen molar-refractivity contribution in [3.05, 3.63) is 65.6 Å². The topological polar surface area (TPSA) is 69.2 Å². The zero-order valence-electron chi connectivity index (χ0n) is 14.9. The molecular weight excluding hydrogens is 330 g/mol. The van der Waals surface area contributed by atoms with Gasteiger partial charge in [-0.1, -0.05) is 11.2 Å². The largest absolute Gasteiger partial charge is 0.377 e. The van der Waals surface area contributed by atoms with E-state index in [9.17, 15) is 0 Å². The molecule has 0 unspecified atom stereocenters. The van der Waals surface area contributed by atoms with Crippen molar-refractivity contribution in [1.82, 2.24) is 24.8 Å². The maximum atomic E-state index is 5.84. The summed E-state index contributed by atoms with van der Waals surface area (Å²) in [6.07, 6.45) is 6.41. The fourth-order valence-electron chi connectivity index (χ4n) is 3.41. The maximum absolute atomic E-state index is 5.84. The SMILES string of the molecule is Cc1cc(CN2Cc3ccnn3[C@@H](CCOCc3cccnc3)C2)no1. The van der Waals surface area contributed by atoms with Gasteiger partial charge in [0.05, 0.1) is 24.0 Å². The van der Waals surface area contributed by atoms with Gasteiger partial charge < -0.3 is 9.26 Å². The normalized spacial score (nSPS) is 17.3. The minimum absolute atomic E-state index is 0.302. The lowest BCUT2D eigenvalue weighted by atomic mass is 10.1. The van der Waals surface area contributed by atoms with Gasteiger partial charge in [0.1, 0.15) is 5.76 Å². The fraction of sp³-hybridized carbons (Fsp3) is 0.421. The molecule has 3 aromatic heterocycles. The number of aryl methyl sites for hydroxylation is 1. The highest BCUT2D eigenvalue weighted by atomic mass is 16.5. The summed E-state index contributed by atoms with van der Waals surface area (Å²) in [5.41, 5.74) is 3.30. The van der Waals surface area contributed by atoms with Crippen molar-refractivity contribution in [1.29, 1.82) is 0 Å². The molecule has 0 spiro atoms. The Balaban J connectivity index is 1.34. The second-order valence-corrected chi connectivity index (χ2v) is 6.72. The van der Waals surface area contributed by atoms with Gasteiger partial charge in [-0.25, -0.2) is 0 Å². The van der Waals surface area contributed by atoms with Gasteiger partial charge in [-0.15, -0.1) is 0 Å². The van der Waals surface area contributed by atoms with Gasteiger partial charge >= 0.3 is 0 Å². The monoisotopic (exact) mass is 353 g/mol. The van der Waals surface area contributed by atoms with Crippen LogP contribution in [0.5, 0.6) is 0 Å². The Bertz CT molecular complexity index is 829. The molecule has 7 heteroatoms. The zero-order valence-corrected chi connectivity index (χ0v) is 14.9. The Kier molecular flexibility index (Phi) is 5.08.